The van der Waals surface area contributed by atoms with E-state index in [4.69, 9.17) is 4.74 Å². The molecular formula is C22H23NO2S. The maximum Gasteiger partial charge on any atom is 0.255 e. The summed E-state index contributed by atoms with van der Waals surface area (Å²) in [5.74, 6) is 2.34. The molecule has 4 heteroatoms. The lowest BCUT2D eigenvalue weighted by Gasteiger charge is -2.11. The number of fused-ring (bicyclic) bond motifs is 1. The van der Waals surface area contributed by atoms with E-state index in [0.717, 1.165) is 22.3 Å². The minimum atomic E-state index is -0.0934. The molecule has 1 amide bonds. The van der Waals surface area contributed by atoms with Crippen LogP contribution in [0.3, 0.4) is 0 Å². The number of ether oxygens (including phenoxy) is 1. The van der Waals surface area contributed by atoms with E-state index in [-0.39, 0.29) is 5.91 Å². The molecule has 0 saturated heterocycles. The molecule has 3 aromatic rings. The van der Waals surface area contributed by atoms with Gasteiger partial charge in [-0.25, -0.2) is 0 Å². The Morgan fingerprint density at radius 1 is 1.04 bits per heavy atom. The van der Waals surface area contributed by atoms with Crippen LogP contribution in [-0.2, 0) is 5.75 Å². The van der Waals surface area contributed by atoms with E-state index in [0.29, 0.717) is 17.9 Å². The number of thioether (sulfide) groups is 1. The van der Waals surface area contributed by atoms with Gasteiger partial charge in [-0.1, -0.05) is 48.5 Å². The molecule has 0 radical (unpaired) electrons. The van der Waals surface area contributed by atoms with Crippen LogP contribution >= 0.6 is 11.8 Å². The van der Waals surface area contributed by atoms with Crippen molar-refractivity contribution in [3.05, 3.63) is 77.4 Å². The van der Waals surface area contributed by atoms with Crippen molar-refractivity contribution in [1.82, 2.24) is 5.32 Å². The summed E-state index contributed by atoms with van der Waals surface area (Å²) < 4.78 is 5.41. The first-order valence-corrected chi connectivity index (χ1v) is 9.82. The molecule has 0 saturated carbocycles. The summed E-state index contributed by atoms with van der Waals surface area (Å²) in [6.07, 6.45) is 0. The lowest BCUT2D eigenvalue weighted by Crippen LogP contribution is -2.26. The number of methoxy groups -OCH3 is 1. The van der Waals surface area contributed by atoms with Gasteiger partial charge in [0, 0.05) is 18.1 Å². The monoisotopic (exact) mass is 365 g/mol. The van der Waals surface area contributed by atoms with Crippen LogP contribution in [0.1, 0.15) is 21.5 Å². The van der Waals surface area contributed by atoms with Crippen LogP contribution in [0.25, 0.3) is 10.8 Å². The second-order valence-electron chi connectivity index (χ2n) is 6.13. The fourth-order valence-corrected chi connectivity index (χ4v) is 3.79. The van der Waals surface area contributed by atoms with E-state index in [2.05, 4.69) is 36.5 Å². The van der Waals surface area contributed by atoms with Gasteiger partial charge in [0.05, 0.1) is 12.7 Å². The summed E-state index contributed by atoms with van der Waals surface area (Å²) in [5.41, 5.74) is 3.24. The molecule has 26 heavy (non-hydrogen) atoms. The molecule has 134 valence electrons. The lowest BCUT2D eigenvalue weighted by atomic mass is 10.1. The summed E-state index contributed by atoms with van der Waals surface area (Å²) >= 11 is 1.82. The summed E-state index contributed by atoms with van der Waals surface area (Å²) in [4.78, 5) is 12.6. The van der Waals surface area contributed by atoms with Crippen molar-refractivity contribution in [2.45, 2.75) is 12.7 Å². The fraction of sp³-hybridized carbons (Fsp3) is 0.227. The predicted molar refractivity (Wildman–Crippen MR) is 110 cm³/mol. The minimum Gasteiger partial charge on any atom is -0.496 e. The highest BCUT2D eigenvalue weighted by Gasteiger charge is 2.13. The van der Waals surface area contributed by atoms with E-state index in [9.17, 15) is 4.79 Å². The molecule has 3 rings (SSSR count). The molecule has 0 atom stereocenters. The maximum atomic E-state index is 12.6. The zero-order valence-corrected chi connectivity index (χ0v) is 15.9. The Balaban J connectivity index is 1.56. The van der Waals surface area contributed by atoms with Gasteiger partial charge in [0.15, 0.2) is 0 Å². The van der Waals surface area contributed by atoms with E-state index in [1.807, 2.05) is 48.2 Å². The molecule has 0 unspecified atom stereocenters. The van der Waals surface area contributed by atoms with Gasteiger partial charge in [0.2, 0.25) is 0 Å². The van der Waals surface area contributed by atoms with Crippen molar-refractivity contribution >= 4 is 28.4 Å². The topological polar surface area (TPSA) is 38.3 Å². The first-order chi connectivity index (χ1) is 12.7. The Hall–Kier alpha value is -2.46. The van der Waals surface area contributed by atoms with Gasteiger partial charge in [-0.3, -0.25) is 4.79 Å². The number of carbonyl (C=O) groups is 1. The fourth-order valence-electron chi connectivity index (χ4n) is 2.85. The number of carbonyl (C=O) groups excluding carboxylic acids is 1. The van der Waals surface area contributed by atoms with Crippen LogP contribution < -0.4 is 10.1 Å². The van der Waals surface area contributed by atoms with E-state index >= 15 is 0 Å². The third-order valence-corrected chi connectivity index (χ3v) is 5.37. The number of nitrogens with one attached hydrogen (secondary N) is 1. The largest absolute Gasteiger partial charge is 0.496 e. The second-order valence-corrected chi connectivity index (χ2v) is 7.24. The van der Waals surface area contributed by atoms with Crippen LogP contribution in [0.5, 0.6) is 5.75 Å². The Morgan fingerprint density at radius 3 is 2.46 bits per heavy atom. The van der Waals surface area contributed by atoms with E-state index < -0.39 is 0 Å². The molecule has 0 fully saturated rings. The van der Waals surface area contributed by atoms with Crippen molar-refractivity contribution < 1.29 is 9.53 Å². The zero-order chi connectivity index (χ0) is 18.4. The Kier molecular flexibility index (Phi) is 6.18. The summed E-state index contributed by atoms with van der Waals surface area (Å²) in [6, 6.07) is 20.2. The average Bonchev–Trinajstić information content (AvgIpc) is 2.67. The van der Waals surface area contributed by atoms with Crippen molar-refractivity contribution in [1.29, 1.82) is 0 Å². The highest BCUT2D eigenvalue weighted by Crippen LogP contribution is 2.26. The Morgan fingerprint density at radius 2 is 1.73 bits per heavy atom. The van der Waals surface area contributed by atoms with Gasteiger partial charge >= 0.3 is 0 Å². The number of hydrogen-bond donors (Lipinski definition) is 1. The van der Waals surface area contributed by atoms with Crippen molar-refractivity contribution in [2.75, 3.05) is 19.4 Å². The molecule has 3 aromatic carbocycles. The number of hydrogen-bond acceptors (Lipinski definition) is 3. The molecule has 0 aliphatic rings. The number of aryl methyl sites for hydroxylation is 1. The van der Waals surface area contributed by atoms with Gasteiger partial charge in [0.25, 0.3) is 5.91 Å². The molecule has 0 aromatic heterocycles. The SMILES string of the molecule is COc1cc2ccccc2cc1C(=O)NCCSCc1ccccc1C. The van der Waals surface area contributed by atoms with Crippen molar-refractivity contribution in [2.24, 2.45) is 0 Å². The summed E-state index contributed by atoms with van der Waals surface area (Å²) in [7, 11) is 1.60. The third kappa shape index (κ3) is 4.38. The number of amides is 1. The van der Waals surface area contributed by atoms with Gasteiger partial charge in [-0.2, -0.15) is 11.8 Å². The van der Waals surface area contributed by atoms with Crippen molar-refractivity contribution in [3.8, 4) is 5.75 Å². The van der Waals surface area contributed by atoms with Gasteiger partial charge in [-0.05, 0) is 41.0 Å². The van der Waals surface area contributed by atoms with Crippen LogP contribution in [0.2, 0.25) is 0 Å². The Bertz CT molecular complexity index is 908. The first kappa shape index (κ1) is 18.3. The van der Waals surface area contributed by atoms with Gasteiger partial charge < -0.3 is 10.1 Å². The third-order valence-electron chi connectivity index (χ3n) is 4.36. The van der Waals surface area contributed by atoms with Gasteiger partial charge in [0.1, 0.15) is 5.75 Å². The molecule has 3 nitrogen and oxygen atoms in total. The first-order valence-electron chi connectivity index (χ1n) is 8.66. The smallest absolute Gasteiger partial charge is 0.255 e. The zero-order valence-electron chi connectivity index (χ0n) is 15.1. The van der Waals surface area contributed by atoms with E-state index in [1.165, 1.54) is 11.1 Å². The van der Waals surface area contributed by atoms with Crippen LogP contribution in [0.15, 0.2) is 60.7 Å². The molecule has 0 bridgehead atoms. The normalized spacial score (nSPS) is 10.7. The molecule has 1 N–H and O–H groups in total. The van der Waals surface area contributed by atoms with Crippen LogP contribution in [0.4, 0.5) is 0 Å². The number of rotatable bonds is 7. The quantitative estimate of drug-likeness (QED) is 0.610. The molecule has 0 spiro atoms. The van der Waals surface area contributed by atoms with Crippen LogP contribution in [-0.4, -0.2) is 25.3 Å². The number of benzene rings is 3. The molecular weight excluding hydrogens is 342 g/mol. The predicted octanol–water partition coefficient (Wildman–Crippen LogP) is 4.82. The molecule has 0 aliphatic heterocycles. The molecule has 0 aliphatic carbocycles. The van der Waals surface area contributed by atoms with Crippen molar-refractivity contribution in [3.63, 3.8) is 0 Å². The van der Waals surface area contributed by atoms with Crippen LogP contribution in [0, 0.1) is 6.92 Å². The standard InChI is InChI=1S/C22H23NO2S/c1-16-7-3-4-10-19(16)15-26-12-11-23-22(24)20-13-17-8-5-6-9-18(17)14-21(20)25-2/h3-10,13-14H,11-12,15H2,1-2H3,(H,23,24). The lowest BCUT2D eigenvalue weighted by molar-refractivity contribution is 0.0953. The minimum absolute atomic E-state index is 0.0934. The summed E-state index contributed by atoms with van der Waals surface area (Å²) in [5, 5.41) is 5.10. The highest BCUT2D eigenvalue weighted by molar-refractivity contribution is 7.98. The second kappa shape index (κ2) is 8.77. The molecule has 0 heterocycles. The summed E-state index contributed by atoms with van der Waals surface area (Å²) in [6.45, 7) is 2.76. The Labute approximate surface area is 158 Å². The highest BCUT2D eigenvalue weighted by atomic mass is 32.2. The van der Waals surface area contributed by atoms with E-state index in [1.54, 1.807) is 7.11 Å². The van der Waals surface area contributed by atoms with Gasteiger partial charge in [-0.15, -0.1) is 0 Å². The average molecular weight is 365 g/mol. The maximum absolute atomic E-state index is 12.6.